The highest BCUT2D eigenvalue weighted by molar-refractivity contribution is 5.30. The normalized spacial score (nSPS) is 30.1. The van der Waals surface area contributed by atoms with Crippen LogP contribution in [0.2, 0.25) is 0 Å². The molecule has 0 aromatic carbocycles. The average molecular weight is 320 g/mol. The molecule has 1 saturated carbocycles. The molecule has 6 nitrogen and oxygen atoms in total. The SMILES string of the molecule is CO[C@@H]1[C@H](C)[C@@H](NCc2cnc(N3CCOCC3)nc2)C1(C)C. The van der Waals surface area contributed by atoms with E-state index in [9.17, 15) is 0 Å². The second kappa shape index (κ2) is 6.71. The van der Waals surface area contributed by atoms with Gasteiger partial charge in [0.15, 0.2) is 0 Å². The maximum Gasteiger partial charge on any atom is 0.225 e. The van der Waals surface area contributed by atoms with Crippen molar-refractivity contribution >= 4 is 5.95 Å². The van der Waals surface area contributed by atoms with Gasteiger partial charge in [0.05, 0.1) is 19.3 Å². The van der Waals surface area contributed by atoms with Crippen molar-refractivity contribution in [2.75, 3.05) is 38.3 Å². The van der Waals surface area contributed by atoms with E-state index in [-0.39, 0.29) is 5.41 Å². The van der Waals surface area contributed by atoms with E-state index < -0.39 is 0 Å². The summed E-state index contributed by atoms with van der Waals surface area (Å²) in [4.78, 5) is 11.2. The summed E-state index contributed by atoms with van der Waals surface area (Å²) in [5, 5.41) is 3.65. The molecule has 3 rings (SSSR count). The number of nitrogens with one attached hydrogen (secondary N) is 1. The first-order chi connectivity index (χ1) is 11.0. The summed E-state index contributed by atoms with van der Waals surface area (Å²) >= 11 is 0. The molecule has 23 heavy (non-hydrogen) atoms. The summed E-state index contributed by atoms with van der Waals surface area (Å²) in [7, 11) is 1.80. The van der Waals surface area contributed by atoms with Gasteiger partial charge >= 0.3 is 0 Å². The molecule has 0 unspecified atom stereocenters. The molecule has 0 spiro atoms. The van der Waals surface area contributed by atoms with Gasteiger partial charge in [0.2, 0.25) is 5.95 Å². The lowest BCUT2D eigenvalue weighted by Crippen LogP contribution is -2.66. The van der Waals surface area contributed by atoms with Crippen LogP contribution < -0.4 is 10.2 Å². The molecule has 1 aliphatic heterocycles. The van der Waals surface area contributed by atoms with Crippen LogP contribution in [-0.4, -0.2) is 55.5 Å². The fourth-order valence-corrected chi connectivity index (χ4v) is 4.15. The number of hydrogen-bond acceptors (Lipinski definition) is 6. The van der Waals surface area contributed by atoms with Gasteiger partial charge in [0.1, 0.15) is 0 Å². The Morgan fingerprint density at radius 2 is 1.96 bits per heavy atom. The molecule has 1 aromatic rings. The van der Waals surface area contributed by atoms with E-state index in [1.54, 1.807) is 7.11 Å². The van der Waals surface area contributed by atoms with Crippen molar-refractivity contribution in [2.24, 2.45) is 11.3 Å². The number of nitrogens with zero attached hydrogens (tertiary/aromatic N) is 3. The molecule has 0 bridgehead atoms. The van der Waals surface area contributed by atoms with Gasteiger partial charge < -0.3 is 19.7 Å². The Labute approximate surface area is 138 Å². The second-order valence-electron chi connectivity index (χ2n) is 7.19. The topological polar surface area (TPSA) is 59.5 Å². The third-order valence-electron chi connectivity index (χ3n) is 5.30. The first-order valence-electron chi connectivity index (χ1n) is 8.44. The predicted octanol–water partition coefficient (Wildman–Crippen LogP) is 1.46. The van der Waals surface area contributed by atoms with E-state index in [1.165, 1.54) is 0 Å². The first kappa shape index (κ1) is 16.6. The number of ether oxygens (including phenoxy) is 2. The van der Waals surface area contributed by atoms with Gasteiger partial charge in [0, 0.05) is 56.2 Å². The zero-order valence-electron chi connectivity index (χ0n) is 14.6. The second-order valence-corrected chi connectivity index (χ2v) is 7.19. The summed E-state index contributed by atoms with van der Waals surface area (Å²) in [6.45, 7) is 10.8. The Morgan fingerprint density at radius 3 is 2.52 bits per heavy atom. The summed E-state index contributed by atoms with van der Waals surface area (Å²) in [5.41, 5.74) is 1.27. The molecular formula is C17H28N4O2. The van der Waals surface area contributed by atoms with Gasteiger partial charge in [-0.1, -0.05) is 20.8 Å². The summed E-state index contributed by atoms with van der Waals surface area (Å²) in [6.07, 6.45) is 4.17. The quantitative estimate of drug-likeness (QED) is 0.886. The molecule has 1 aromatic heterocycles. The van der Waals surface area contributed by atoms with Crippen LogP contribution in [0, 0.1) is 11.3 Å². The van der Waals surface area contributed by atoms with Crippen molar-refractivity contribution in [1.82, 2.24) is 15.3 Å². The third kappa shape index (κ3) is 3.20. The monoisotopic (exact) mass is 320 g/mol. The summed E-state index contributed by atoms with van der Waals surface area (Å²) in [5.74, 6) is 1.32. The van der Waals surface area contributed by atoms with Crippen molar-refractivity contribution in [1.29, 1.82) is 0 Å². The lowest BCUT2D eigenvalue weighted by Gasteiger charge is -2.56. The van der Waals surface area contributed by atoms with Gasteiger partial charge in [-0.05, 0) is 5.92 Å². The Kier molecular flexibility index (Phi) is 4.85. The third-order valence-corrected chi connectivity index (χ3v) is 5.30. The van der Waals surface area contributed by atoms with Crippen molar-refractivity contribution < 1.29 is 9.47 Å². The van der Waals surface area contributed by atoms with Gasteiger partial charge in [-0.2, -0.15) is 0 Å². The number of methoxy groups -OCH3 is 1. The molecule has 0 radical (unpaired) electrons. The molecule has 3 atom stereocenters. The van der Waals surface area contributed by atoms with Crippen LogP contribution >= 0.6 is 0 Å². The molecular weight excluding hydrogens is 292 g/mol. The Morgan fingerprint density at radius 1 is 1.30 bits per heavy atom. The van der Waals surface area contributed by atoms with E-state index in [1.807, 2.05) is 12.4 Å². The van der Waals surface area contributed by atoms with E-state index in [0.717, 1.165) is 44.4 Å². The highest BCUT2D eigenvalue weighted by Crippen LogP contribution is 2.46. The van der Waals surface area contributed by atoms with Crippen LogP contribution in [0.4, 0.5) is 5.95 Å². The van der Waals surface area contributed by atoms with Crippen LogP contribution in [0.15, 0.2) is 12.4 Å². The van der Waals surface area contributed by atoms with Gasteiger partial charge in [0.25, 0.3) is 0 Å². The minimum absolute atomic E-state index is 0.156. The zero-order chi connectivity index (χ0) is 16.4. The van der Waals surface area contributed by atoms with Gasteiger partial charge in [-0.25, -0.2) is 9.97 Å². The molecule has 6 heteroatoms. The number of morpholine rings is 1. The number of anilines is 1. The maximum absolute atomic E-state index is 5.60. The molecule has 2 fully saturated rings. The highest BCUT2D eigenvalue weighted by atomic mass is 16.5. The molecule has 2 aliphatic rings. The minimum Gasteiger partial charge on any atom is -0.380 e. The zero-order valence-corrected chi connectivity index (χ0v) is 14.6. The standard InChI is InChI=1S/C17H28N4O2/c1-12-14(17(2,3)15(12)22-4)18-9-13-10-19-16(20-11-13)21-5-7-23-8-6-21/h10-12,14-15,18H,5-9H2,1-4H3/t12-,14-,15-/m1/s1. The first-order valence-corrected chi connectivity index (χ1v) is 8.44. The fourth-order valence-electron chi connectivity index (χ4n) is 4.15. The van der Waals surface area contributed by atoms with Gasteiger partial charge in [-0.15, -0.1) is 0 Å². The lowest BCUT2D eigenvalue weighted by molar-refractivity contribution is -0.145. The smallest absolute Gasteiger partial charge is 0.225 e. The van der Waals surface area contributed by atoms with Crippen molar-refractivity contribution in [3.8, 4) is 0 Å². The van der Waals surface area contributed by atoms with Crippen LogP contribution in [0.1, 0.15) is 26.3 Å². The van der Waals surface area contributed by atoms with Crippen molar-refractivity contribution in [3.05, 3.63) is 18.0 Å². The van der Waals surface area contributed by atoms with E-state index >= 15 is 0 Å². The molecule has 1 aliphatic carbocycles. The van der Waals surface area contributed by atoms with E-state index in [0.29, 0.717) is 18.1 Å². The number of rotatable bonds is 5. The van der Waals surface area contributed by atoms with Crippen LogP contribution in [0.5, 0.6) is 0 Å². The minimum atomic E-state index is 0.156. The Hall–Kier alpha value is -1.24. The van der Waals surface area contributed by atoms with Crippen LogP contribution in [-0.2, 0) is 16.0 Å². The average Bonchev–Trinajstić information content (AvgIpc) is 2.56. The lowest BCUT2D eigenvalue weighted by atomic mass is 9.58. The molecule has 2 heterocycles. The summed E-state index contributed by atoms with van der Waals surface area (Å²) in [6, 6.07) is 0.450. The van der Waals surface area contributed by atoms with E-state index in [4.69, 9.17) is 9.47 Å². The largest absolute Gasteiger partial charge is 0.380 e. The number of hydrogen-bond donors (Lipinski definition) is 1. The molecule has 1 N–H and O–H groups in total. The van der Waals surface area contributed by atoms with Crippen molar-refractivity contribution in [3.63, 3.8) is 0 Å². The Bertz CT molecular complexity index is 514. The van der Waals surface area contributed by atoms with Crippen LogP contribution in [0.25, 0.3) is 0 Å². The highest BCUT2D eigenvalue weighted by Gasteiger charge is 2.54. The predicted molar refractivity (Wildman–Crippen MR) is 89.4 cm³/mol. The van der Waals surface area contributed by atoms with Crippen molar-refractivity contribution in [2.45, 2.75) is 39.5 Å². The van der Waals surface area contributed by atoms with Gasteiger partial charge in [-0.3, -0.25) is 0 Å². The molecule has 128 valence electrons. The number of aromatic nitrogens is 2. The molecule has 1 saturated heterocycles. The summed E-state index contributed by atoms with van der Waals surface area (Å²) < 4.78 is 11.0. The maximum atomic E-state index is 5.60. The fraction of sp³-hybridized carbons (Fsp3) is 0.765. The molecule has 0 amide bonds. The van der Waals surface area contributed by atoms with Crippen LogP contribution in [0.3, 0.4) is 0 Å². The van der Waals surface area contributed by atoms with E-state index in [2.05, 4.69) is 41.0 Å². The Balaban J connectivity index is 1.55.